The smallest absolute Gasteiger partial charge is 0.274 e. The van der Waals surface area contributed by atoms with Crippen LogP contribution in [0.5, 0.6) is 0 Å². The van der Waals surface area contributed by atoms with Crippen molar-refractivity contribution in [1.29, 1.82) is 0 Å². The largest absolute Gasteiger partial charge is 0.349 e. The van der Waals surface area contributed by atoms with Gasteiger partial charge < -0.3 is 10.2 Å². The van der Waals surface area contributed by atoms with E-state index in [2.05, 4.69) is 15.3 Å². The van der Waals surface area contributed by atoms with Crippen molar-refractivity contribution < 1.29 is 13.2 Å². The molecule has 1 aromatic heterocycles. The molecule has 0 atom stereocenters. The van der Waals surface area contributed by atoms with Gasteiger partial charge in [0.2, 0.25) is 15.9 Å². The van der Waals surface area contributed by atoms with Crippen LogP contribution in [0.4, 0.5) is 0 Å². The number of hydrogen-bond acceptors (Lipinski definition) is 6. The van der Waals surface area contributed by atoms with Crippen molar-refractivity contribution in [3.05, 3.63) is 40.3 Å². The van der Waals surface area contributed by atoms with Crippen molar-refractivity contribution >= 4 is 26.7 Å². The van der Waals surface area contributed by atoms with Gasteiger partial charge in [0, 0.05) is 19.0 Å². The first-order chi connectivity index (χ1) is 13.8. The summed E-state index contributed by atoms with van der Waals surface area (Å²) in [7, 11) is -2.09. The van der Waals surface area contributed by atoms with Crippen molar-refractivity contribution in [2.75, 3.05) is 39.5 Å². The lowest BCUT2D eigenvalue weighted by Crippen LogP contribution is -2.38. The Balaban J connectivity index is 1.78. The van der Waals surface area contributed by atoms with Gasteiger partial charge in [-0.15, -0.1) is 0 Å². The number of aromatic nitrogens is 2. The summed E-state index contributed by atoms with van der Waals surface area (Å²) < 4.78 is 25.4. The van der Waals surface area contributed by atoms with E-state index in [1.54, 1.807) is 18.2 Å². The molecule has 9 nitrogen and oxygen atoms in total. The molecule has 1 amide bonds. The number of carbonyl (C=O) groups excluding carboxylic acids is 1. The van der Waals surface area contributed by atoms with Gasteiger partial charge in [-0.05, 0) is 32.0 Å². The second-order valence-electron chi connectivity index (χ2n) is 7.37. The molecule has 2 heterocycles. The average Bonchev–Trinajstić information content (AvgIpc) is 3.19. The number of sulfonamides is 1. The lowest BCUT2D eigenvalue weighted by atomic mass is 10.1. The summed E-state index contributed by atoms with van der Waals surface area (Å²) in [6, 6.07) is 7.19. The Morgan fingerprint density at radius 2 is 1.83 bits per heavy atom. The summed E-state index contributed by atoms with van der Waals surface area (Å²) in [5.41, 5.74) is 0.434. The van der Waals surface area contributed by atoms with Crippen LogP contribution in [0.15, 0.2) is 29.1 Å². The standard InChI is InChI=1S/C19H27N5O4S/c1-22(29(2,27)28)14-18(25)20-13-17-15-7-3-4-8-16(15)19(26)24(21-17)12-11-23-9-5-6-10-23/h3-4,7-8H,5-6,9-14H2,1-2H3,(H,20,25). The molecule has 29 heavy (non-hydrogen) atoms. The highest BCUT2D eigenvalue weighted by atomic mass is 32.2. The van der Waals surface area contributed by atoms with E-state index in [0.717, 1.165) is 30.2 Å². The van der Waals surface area contributed by atoms with E-state index in [4.69, 9.17) is 0 Å². The summed E-state index contributed by atoms with van der Waals surface area (Å²) in [5, 5.41) is 8.44. The fourth-order valence-corrected chi connectivity index (χ4v) is 3.74. The fourth-order valence-electron chi connectivity index (χ4n) is 3.39. The molecular formula is C19H27N5O4S. The maximum Gasteiger partial charge on any atom is 0.274 e. The minimum Gasteiger partial charge on any atom is -0.349 e. The molecule has 1 aliphatic heterocycles. The third-order valence-corrected chi connectivity index (χ3v) is 6.42. The van der Waals surface area contributed by atoms with Crippen molar-refractivity contribution in [2.24, 2.45) is 0 Å². The van der Waals surface area contributed by atoms with Gasteiger partial charge in [0.1, 0.15) is 0 Å². The summed E-state index contributed by atoms with van der Waals surface area (Å²) >= 11 is 0. The number of nitrogens with zero attached hydrogens (tertiary/aromatic N) is 4. The fraction of sp³-hybridized carbons (Fsp3) is 0.526. The second-order valence-corrected chi connectivity index (χ2v) is 9.45. The highest BCUT2D eigenvalue weighted by Gasteiger charge is 2.17. The third kappa shape index (κ3) is 5.40. The lowest BCUT2D eigenvalue weighted by Gasteiger charge is -2.17. The molecule has 1 aromatic carbocycles. The first-order valence-electron chi connectivity index (χ1n) is 9.65. The Bertz CT molecular complexity index is 1040. The number of benzene rings is 1. The number of nitrogens with one attached hydrogen (secondary N) is 1. The van der Waals surface area contributed by atoms with E-state index in [9.17, 15) is 18.0 Å². The van der Waals surface area contributed by atoms with Crippen molar-refractivity contribution in [1.82, 2.24) is 24.3 Å². The van der Waals surface area contributed by atoms with E-state index in [1.165, 1.54) is 24.6 Å². The van der Waals surface area contributed by atoms with E-state index in [0.29, 0.717) is 23.0 Å². The summed E-state index contributed by atoms with van der Waals surface area (Å²) in [6.45, 7) is 3.17. The Morgan fingerprint density at radius 3 is 2.48 bits per heavy atom. The summed E-state index contributed by atoms with van der Waals surface area (Å²) in [4.78, 5) is 27.3. The zero-order chi connectivity index (χ0) is 21.0. The van der Waals surface area contributed by atoms with E-state index < -0.39 is 15.9 Å². The highest BCUT2D eigenvalue weighted by molar-refractivity contribution is 7.88. The first kappa shape index (κ1) is 21.4. The van der Waals surface area contributed by atoms with E-state index >= 15 is 0 Å². The first-order valence-corrected chi connectivity index (χ1v) is 11.5. The molecule has 1 N–H and O–H groups in total. The van der Waals surface area contributed by atoms with E-state index in [1.807, 2.05) is 6.07 Å². The van der Waals surface area contributed by atoms with Crippen molar-refractivity contribution in [3.63, 3.8) is 0 Å². The van der Waals surface area contributed by atoms with Gasteiger partial charge >= 0.3 is 0 Å². The summed E-state index contributed by atoms with van der Waals surface area (Å²) in [6.07, 6.45) is 3.41. The number of carbonyl (C=O) groups is 1. The van der Waals surface area contributed by atoms with Crippen LogP contribution in [-0.4, -0.2) is 72.8 Å². The minimum absolute atomic E-state index is 0.112. The molecule has 0 spiro atoms. The molecule has 0 aliphatic carbocycles. The number of amides is 1. The molecule has 2 aromatic rings. The van der Waals surface area contributed by atoms with Crippen molar-refractivity contribution in [2.45, 2.75) is 25.9 Å². The zero-order valence-corrected chi connectivity index (χ0v) is 17.6. The number of hydrogen-bond donors (Lipinski definition) is 1. The van der Waals surface area contributed by atoms with Gasteiger partial charge in [-0.25, -0.2) is 13.1 Å². The van der Waals surface area contributed by atoms with Crippen LogP contribution in [0.25, 0.3) is 10.8 Å². The van der Waals surface area contributed by atoms with Gasteiger partial charge in [-0.2, -0.15) is 9.40 Å². The second kappa shape index (κ2) is 9.02. The lowest BCUT2D eigenvalue weighted by molar-refractivity contribution is -0.121. The molecule has 3 rings (SSSR count). The van der Waals surface area contributed by atoms with Crippen LogP contribution in [0.2, 0.25) is 0 Å². The normalized spacial score (nSPS) is 15.3. The molecule has 1 saturated heterocycles. The van der Waals surface area contributed by atoms with E-state index in [-0.39, 0.29) is 18.6 Å². The average molecular weight is 422 g/mol. The van der Waals surface area contributed by atoms with Gasteiger partial charge in [0.15, 0.2) is 0 Å². The number of fused-ring (bicyclic) bond motifs is 1. The molecule has 10 heteroatoms. The maximum atomic E-state index is 12.8. The quantitative estimate of drug-likeness (QED) is 0.643. The third-order valence-electron chi connectivity index (χ3n) is 5.16. The Labute approximate surface area is 170 Å². The molecule has 0 unspecified atom stereocenters. The minimum atomic E-state index is -3.44. The molecule has 0 saturated carbocycles. The Hall–Kier alpha value is -2.30. The predicted octanol–water partition coefficient (Wildman–Crippen LogP) is -0.0001000. The topological polar surface area (TPSA) is 105 Å². The van der Waals surface area contributed by atoms with Gasteiger partial charge in [0.05, 0.1) is 37.0 Å². The zero-order valence-electron chi connectivity index (χ0n) is 16.8. The highest BCUT2D eigenvalue weighted by Crippen LogP contribution is 2.13. The molecule has 158 valence electrons. The van der Waals surface area contributed by atoms with Crippen LogP contribution in [0.3, 0.4) is 0 Å². The molecular weight excluding hydrogens is 394 g/mol. The van der Waals surface area contributed by atoms with Crippen LogP contribution in [0, 0.1) is 0 Å². The summed E-state index contributed by atoms with van der Waals surface area (Å²) in [5.74, 6) is -0.432. The number of likely N-dealkylation sites (N-methyl/N-ethyl adjacent to an activating group) is 1. The van der Waals surface area contributed by atoms with Crippen LogP contribution >= 0.6 is 0 Å². The number of likely N-dealkylation sites (tertiary alicyclic amines) is 1. The maximum absolute atomic E-state index is 12.8. The Morgan fingerprint density at radius 1 is 1.17 bits per heavy atom. The van der Waals surface area contributed by atoms with Gasteiger partial charge in [-0.3, -0.25) is 9.59 Å². The predicted molar refractivity (Wildman–Crippen MR) is 111 cm³/mol. The van der Waals surface area contributed by atoms with Crippen LogP contribution in [0.1, 0.15) is 18.5 Å². The molecule has 1 aliphatic rings. The van der Waals surface area contributed by atoms with Gasteiger partial charge in [0.25, 0.3) is 5.56 Å². The number of rotatable bonds is 8. The molecule has 0 radical (unpaired) electrons. The van der Waals surface area contributed by atoms with Crippen molar-refractivity contribution in [3.8, 4) is 0 Å². The van der Waals surface area contributed by atoms with Crippen LogP contribution < -0.4 is 10.9 Å². The van der Waals surface area contributed by atoms with Crippen LogP contribution in [-0.2, 0) is 27.9 Å². The molecule has 1 fully saturated rings. The monoisotopic (exact) mass is 421 g/mol. The Kier molecular flexibility index (Phi) is 6.66. The SMILES string of the molecule is CN(CC(=O)NCc1nn(CCN2CCCC2)c(=O)c2ccccc12)S(C)(=O)=O. The molecule has 0 bridgehead atoms. The van der Waals surface area contributed by atoms with Gasteiger partial charge in [-0.1, -0.05) is 18.2 Å².